The maximum Gasteiger partial charge on any atom is 0.0972 e. The smallest absolute Gasteiger partial charge is 0.0972 e. The molecule has 4 heteroatoms. The molecule has 0 radical (unpaired) electrons. The van der Waals surface area contributed by atoms with Crippen molar-refractivity contribution in [1.82, 2.24) is 9.97 Å². The highest BCUT2D eigenvalue weighted by molar-refractivity contribution is 14.2. The van der Waals surface area contributed by atoms with Gasteiger partial charge in [-0.3, -0.25) is 0 Å². The molecule has 10 rings (SSSR count). The second-order valence-electron chi connectivity index (χ2n) is 12.0. The lowest BCUT2D eigenvalue weighted by atomic mass is 9.97. The summed E-state index contributed by atoms with van der Waals surface area (Å²) in [4.78, 5) is 10.6. The second kappa shape index (κ2) is 10.8. The average molecular weight is 729 g/mol. The highest BCUT2D eigenvalue weighted by Crippen LogP contribution is 2.39. The monoisotopic (exact) mass is 728 g/mol. The quantitative estimate of drug-likeness (QED) is 0.134. The molecule has 0 fully saturated rings. The Morgan fingerprint density at radius 2 is 1.17 bits per heavy atom. The van der Waals surface area contributed by atoms with Gasteiger partial charge in [0.2, 0.25) is 0 Å². The number of nitrogens with zero attached hydrogens (tertiary/aromatic N) is 2. The molecule has 0 aliphatic carbocycles. The molecule has 0 spiro atoms. The van der Waals surface area contributed by atoms with Crippen molar-refractivity contribution in [3.8, 4) is 33.6 Å². The third-order valence-electron chi connectivity index (χ3n) is 9.19. The summed E-state index contributed by atoms with van der Waals surface area (Å²) in [5.74, 6) is 0. The first kappa shape index (κ1) is 27.1. The maximum atomic E-state index is 5.34. The Bertz CT molecular complexity index is 2810. The first-order valence-corrected chi connectivity index (χ1v) is 18.8. The molecule has 220 valence electrons. The van der Waals surface area contributed by atoms with Crippen LogP contribution in [-0.2, 0) is 0 Å². The molecule has 2 nitrogen and oxygen atoms in total. The predicted molar refractivity (Wildman–Crippen MR) is 212 cm³/mol. The topological polar surface area (TPSA) is 25.8 Å². The van der Waals surface area contributed by atoms with Crippen LogP contribution in [0.4, 0.5) is 0 Å². The van der Waals surface area contributed by atoms with Crippen LogP contribution in [0.2, 0.25) is 0 Å². The molecular weight excluding hydrogens is 703 g/mol. The second-order valence-corrected chi connectivity index (χ2v) is 15.5. The molecule has 47 heavy (non-hydrogen) atoms. The number of fused-ring (bicyclic) bond motifs is 9. The highest BCUT2D eigenvalue weighted by Gasteiger charge is 2.15. The van der Waals surface area contributed by atoms with Gasteiger partial charge in [0.25, 0.3) is 0 Å². The number of hydrogen-bond donors (Lipinski definition) is 0. The van der Waals surface area contributed by atoms with E-state index < -0.39 is 0 Å². The van der Waals surface area contributed by atoms with Crippen LogP contribution in [0.5, 0.6) is 0 Å². The highest BCUT2D eigenvalue weighted by atomic mass is 127. The first-order valence-electron chi connectivity index (χ1n) is 15.7. The van der Waals surface area contributed by atoms with Crippen LogP contribution in [0.3, 0.4) is 0 Å². The van der Waals surface area contributed by atoms with Gasteiger partial charge in [-0.05, 0) is 73.9 Å². The Kier molecular flexibility index (Phi) is 6.21. The zero-order chi connectivity index (χ0) is 30.9. The third kappa shape index (κ3) is 4.47. The zero-order valence-corrected chi connectivity index (χ0v) is 28.1. The van der Waals surface area contributed by atoms with Crippen molar-refractivity contribution >= 4 is 94.9 Å². The molecule has 0 amide bonds. The van der Waals surface area contributed by atoms with Gasteiger partial charge < -0.3 is 0 Å². The summed E-state index contributed by atoms with van der Waals surface area (Å²) in [6.07, 6.45) is 4.45. The van der Waals surface area contributed by atoms with Crippen LogP contribution in [0.25, 0.3) is 92.5 Å². The minimum absolute atomic E-state index is 0.142. The van der Waals surface area contributed by atoms with Gasteiger partial charge in [-0.1, -0.05) is 124 Å². The van der Waals surface area contributed by atoms with Crippen molar-refractivity contribution in [2.45, 2.75) is 0 Å². The van der Waals surface area contributed by atoms with E-state index in [2.05, 4.69) is 150 Å². The molecule has 1 aliphatic heterocycles. The zero-order valence-electron chi connectivity index (χ0n) is 25.1. The fourth-order valence-corrected chi connectivity index (χ4v) is 10.3. The molecule has 0 atom stereocenters. The lowest BCUT2D eigenvalue weighted by molar-refractivity contribution is 1.37. The molecule has 6 aromatic carbocycles. The molecule has 1 aliphatic rings. The van der Waals surface area contributed by atoms with Crippen LogP contribution >= 0.6 is 32.1 Å². The summed E-state index contributed by atoms with van der Waals surface area (Å²) < 4.78 is 6.49. The molecule has 0 saturated heterocycles. The Balaban J connectivity index is 1.11. The van der Waals surface area contributed by atoms with Gasteiger partial charge in [0.15, 0.2) is 0 Å². The van der Waals surface area contributed by atoms with Crippen molar-refractivity contribution in [3.63, 3.8) is 0 Å². The summed E-state index contributed by atoms with van der Waals surface area (Å²) in [6, 6.07) is 48.4. The number of aromatic nitrogens is 2. The fourth-order valence-electron chi connectivity index (χ4n) is 6.90. The maximum absolute atomic E-state index is 5.34. The number of pyridine rings is 2. The van der Waals surface area contributed by atoms with Crippen molar-refractivity contribution < 1.29 is 0 Å². The van der Waals surface area contributed by atoms with Crippen LogP contribution < -0.4 is 0 Å². The number of halogens is 1. The molecule has 9 aromatic rings. The lowest BCUT2D eigenvalue weighted by Crippen LogP contribution is -1.94. The standard InChI is InChI=1S/C43H25IN2S/c1-2-12-34-32(10-1)35(25-31-9-6-22-44-41(31)34)38-20-17-27-15-14-26-16-19-37(45-42(26)43(27)46-38)30-8-5-7-28(23-30)29-18-21-40-36(24-29)33-11-3-4-13-39(33)47-40/h1-25H. The van der Waals surface area contributed by atoms with Gasteiger partial charge in [0.05, 0.1) is 22.4 Å². The van der Waals surface area contributed by atoms with E-state index in [1.807, 2.05) is 11.3 Å². The van der Waals surface area contributed by atoms with Crippen LogP contribution in [0, 0.1) is 3.57 Å². The molecular formula is C43H25IN2S. The molecule has 3 aromatic heterocycles. The van der Waals surface area contributed by atoms with Gasteiger partial charge in [-0.15, -0.1) is 11.3 Å². The summed E-state index contributed by atoms with van der Waals surface area (Å²) in [5, 5.41) is 7.43. The largest absolute Gasteiger partial charge is 0.245 e. The minimum atomic E-state index is -0.142. The first-order chi connectivity index (χ1) is 23.3. The normalized spacial score (nSPS) is 12.7. The third-order valence-corrected chi connectivity index (χ3v) is 12.9. The summed E-state index contributed by atoms with van der Waals surface area (Å²) in [6.45, 7) is 0. The Hall–Kier alpha value is -5.04. The lowest BCUT2D eigenvalue weighted by Gasteiger charge is -2.14. The van der Waals surface area contributed by atoms with Crippen molar-refractivity contribution in [3.05, 3.63) is 149 Å². The van der Waals surface area contributed by atoms with E-state index in [1.54, 1.807) is 0 Å². The van der Waals surface area contributed by atoms with Crippen molar-refractivity contribution in [2.24, 2.45) is 0 Å². The van der Waals surface area contributed by atoms with Gasteiger partial charge in [-0.25, -0.2) is 9.97 Å². The Labute approximate surface area is 285 Å². The van der Waals surface area contributed by atoms with E-state index in [0.717, 1.165) is 38.8 Å². The number of hydrogen-bond acceptors (Lipinski definition) is 3. The minimum Gasteiger partial charge on any atom is -0.245 e. The molecule has 0 saturated carbocycles. The predicted octanol–water partition coefficient (Wildman–Crippen LogP) is 12.3. The molecule has 4 heterocycles. The number of allylic oxidation sites excluding steroid dienone is 1. The Morgan fingerprint density at radius 3 is 2.04 bits per heavy atom. The number of thiophene rings is 1. The van der Waals surface area contributed by atoms with Crippen LogP contribution in [0.15, 0.2) is 140 Å². The summed E-state index contributed by atoms with van der Waals surface area (Å²) >= 11 is 1.71. The molecule has 0 unspecified atom stereocenters. The van der Waals surface area contributed by atoms with Gasteiger partial charge in [0, 0.05) is 45.6 Å². The number of benzene rings is 6. The number of rotatable bonds is 3. The van der Waals surface area contributed by atoms with Crippen molar-refractivity contribution in [2.75, 3.05) is 0 Å². The van der Waals surface area contributed by atoms with Gasteiger partial charge >= 0.3 is 0 Å². The van der Waals surface area contributed by atoms with E-state index in [-0.39, 0.29) is 20.7 Å². The Morgan fingerprint density at radius 1 is 0.489 bits per heavy atom. The molecule has 0 N–H and O–H groups in total. The van der Waals surface area contributed by atoms with Crippen molar-refractivity contribution in [1.29, 1.82) is 0 Å². The average Bonchev–Trinajstić information content (AvgIpc) is 3.52. The van der Waals surface area contributed by atoms with E-state index in [0.29, 0.717) is 0 Å². The van der Waals surface area contributed by atoms with E-state index in [9.17, 15) is 0 Å². The van der Waals surface area contributed by atoms with Crippen LogP contribution in [-0.4, -0.2) is 14.0 Å². The van der Waals surface area contributed by atoms with Gasteiger partial charge in [-0.2, -0.15) is 0 Å². The fraction of sp³-hybridized carbons (Fsp3) is 0. The van der Waals surface area contributed by atoms with Crippen LogP contribution in [0.1, 0.15) is 5.56 Å². The van der Waals surface area contributed by atoms with E-state index in [1.165, 1.54) is 56.8 Å². The summed E-state index contributed by atoms with van der Waals surface area (Å²) in [5.41, 5.74) is 9.79. The molecule has 0 bridgehead atoms. The van der Waals surface area contributed by atoms with E-state index in [4.69, 9.17) is 9.97 Å². The van der Waals surface area contributed by atoms with E-state index >= 15 is 0 Å². The summed E-state index contributed by atoms with van der Waals surface area (Å²) in [7, 11) is 0. The van der Waals surface area contributed by atoms with Gasteiger partial charge in [0.1, 0.15) is 0 Å². The SMILES string of the molecule is C1=Cc2cc(-c3ccc4ccc5ccc(-c6cccc(-c7ccc8sc9ccccc9c8c7)c6)nc5c4n3)c3ccccc3c2I=C1.